The molecule has 0 saturated heterocycles. The number of ether oxygens (including phenoxy) is 4. The average molecular weight is 773 g/mol. The largest absolute Gasteiger partial charge is 0.493 e. The normalized spacial score (nSPS) is 25.7. The number of amides is 4. The van der Waals surface area contributed by atoms with E-state index in [1.54, 1.807) is 24.3 Å². The van der Waals surface area contributed by atoms with Crippen LogP contribution >= 0.6 is 0 Å². The molecule has 4 aliphatic rings. The van der Waals surface area contributed by atoms with Crippen molar-refractivity contribution >= 4 is 23.6 Å². The van der Waals surface area contributed by atoms with Crippen molar-refractivity contribution in [3.8, 4) is 23.0 Å². The molecular weight excluding hydrogens is 730 g/mol. The molecule has 54 heavy (non-hydrogen) atoms. The van der Waals surface area contributed by atoms with E-state index in [0.717, 1.165) is 0 Å². The minimum atomic E-state index is -5.20. The van der Waals surface area contributed by atoms with E-state index < -0.39 is 70.7 Å². The lowest BCUT2D eigenvalue weighted by Gasteiger charge is -2.71. The summed E-state index contributed by atoms with van der Waals surface area (Å²) in [6, 6.07) is 9.34. The van der Waals surface area contributed by atoms with E-state index in [0.29, 0.717) is 6.42 Å². The Morgan fingerprint density at radius 1 is 0.519 bits per heavy atom. The summed E-state index contributed by atoms with van der Waals surface area (Å²) in [7, 11) is 5.49. The van der Waals surface area contributed by atoms with Crippen molar-refractivity contribution in [2.45, 2.75) is 50.9 Å². The number of benzene rings is 2. The number of hydrogen-bond acceptors (Lipinski definition) is 8. The van der Waals surface area contributed by atoms with Crippen molar-refractivity contribution in [3.05, 3.63) is 47.5 Å². The lowest BCUT2D eigenvalue weighted by Crippen LogP contribution is -2.69. The van der Waals surface area contributed by atoms with E-state index in [1.165, 1.54) is 40.6 Å². The third-order valence-electron chi connectivity index (χ3n) is 10.8. The molecule has 2 aromatic carbocycles. The molecular formula is C36H42F6N4O8. The van der Waals surface area contributed by atoms with Gasteiger partial charge in [0.2, 0.25) is 0 Å². The number of para-hydroxylation sites is 2. The molecule has 296 valence electrons. The van der Waals surface area contributed by atoms with Crippen LogP contribution in [0.15, 0.2) is 36.4 Å². The van der Waals surface area contributed by atoms with Crippen LogP contribution in [0, 0.1) is 21.7 Å². The summed E-state index contributed by atoms with van der Waals surface area (Å²) >= 11 is 0. The second-order valence-corrected chi connectivity index (χ2v) is 14.9. The van der Waals surface area contributed by atoms with Gasteiger partial charge < -0.3 is 40.2 Å². The van der Waals surface area contributed by atoms with Crippen LogP contribution in [0.5, 0.6) is 23.0 Å². The second-order valence-electron chi connectivity index (χ2n) is 14.9. The molecule has 0 aliphatic heterocycles. The smallest absolute Gasteiger partial charge is 0.471 e. The van der Waals surface area contributed by atoms with Gasteiger partial charge >= 0.3 is 24.2 Å². The molecule has 4 N–H and O–H groups in total. The van der Waals surface area contributed by atoms with Gasteiger partial charge in [0.15, 0.2) is 23.0 Å². The van der Waals surface area contributed by atoms with Crippen molar-refractivity contribution in [1.82, 2.24) is 21.3 Å². The Hall–Kier alpha value is -4.90. The van der Waals surface area contributed by atoms with E-state index in [9.17, 15) is 45.5 Å². The number of halogens is 6. The van der Waals surface area contributed by atoms with Crippen LogP contribution in [-0.4, -0.2) is 90.6 Å². The molecule has 0 atom stereocenters. The first-order valence-electron chi connectivity index (χ1n) is 17.0. The predicted octanol–water partition coefficient (Wildman–Crippen LogP) is 4.56. The molecule has 4 bridgehead atoms. The summed E-state index contributed by atoms with van der Waals surface area (Å²) in [6.07, 6.45) is -9.31. The standard InChI is InChI=1S/C36H42F6N4O8/c1-51-23-9-5-7-21(25(23)53-3)27(47)43-17-31-11-32(18-44-28(48)22-8-6-10-24(52-2)26(22)54-4)14-33(12-31,19-45-29(49)35(37,38)39)16-34(13-31,15-32)20-46-30(50)36(40,41)42/h5-10H,11-20H2,1-4H3,(H,43,47)(H,44,48)(H,45,49)(H,46,50). The van der Waals surface area contributed by atoms with E-state index in [4.69, 9.17) is 18.9 Å². The van der Waals surface area contributed by atoms with Gasteiger partial charge in [0.25, 0.3) is 11.8 Å². The van der Waals surface area contributed by atoms with Gasteiger partial charge in [-0.15, -0.1) is 0 Å². The SMILES string of the molecule is COc1cccc(C(=O)NCC23CC4(CNC(=O)c5cccc(OC)c5OC)CC(CNC(=O)C(F)(F)F)(C2)CC(CNC(=O)C(F)(F)F)(C3)C4)c1OC. The fourth-order valence-electron chi connectivity index (χ4n) is 9.87. The van der Waals surface area contributed by atoms with E-state index in [2.05, 4.69) is 10.6 Å². The van der Waals surface area contributed by atoms with Gasteiger partial charge in [-0.3, -0.25) is 19.2 Å². The topological polar surface area (TPSA) is 153 Å². The lowest BCUT2D eigenvalue weighted by molar-refractivity contribution is -0.201. The third kappa shape index (κ3) is 8.11. The highest BCUT2D eigenvalue weighted by Crippen LogP contribution is 2.73. The van der Waals surface area contributed by atoms with Crippen LogP contribution in [0.1, 0.15) is 59.2 Å². The van der Waals surface area contributed by atoms with Crippen LogP contribution in [-0.2, 0) is 9.59 Å². The molecule has 0 aromatic heterocycles. The summed E-state index contributed by atoms with van der Waals surface area (Å²) in [5.41, 5.74) is -3.93. The first kappa shape index (κ1) is 40.3. The van der Waals surface area contributed by atoms with Gasteiger partial charge in [0.1, 0.15) is 0 Å². The Morgan fingerprint density at radius 2 is 0.815 bits per heavy atom. The molecule has 0 radical (unpaired) electrons. The number of carbonyl (C=O) groups excluding carboxylic acids is 4. The van der Waals surface area contributed by atoms with Crippen molar-refractivity contribution in [3.63, 3.8) is 0 Å². The molecule has 4 saturated carbocycles. The van der Waals surface area contributed by atoms with Crippen LogP contribution in [0.25, 0.3) is 0 Å². The molecule has 4 fully saturated rings. The minimum Gasteiger partial charge on any atom is -0.493 e. The van der Waals surface area contributed by atoms with Gasteiger partial charge in [-0.05, 0) is 84.5 Å². The van der Waals surface area contributed by atoms with Crippen molar-refractivity contribution in [2.75, 3.05) is 54.6 Å². The van der Waals surface area contributed by atoms with Gasteiger partial charge in [0.05, 0.1) is 39.6 Å². The van der Waals surface area contributed by atoms with E-state index in [1.807, 2.05) is 10.6 Å². The van der Waals surface area contributed by atoms with Crippen LogP contribution in [0.4, 0.5) is 26.3 Å². The Kier molecular flexibility index (Phi) is 11.0. The van der Waals surface area contributed by atoms with E-state index in [-0.39, 0.29) is 79.3 Å². The predicted molar refractivity (Wildman–Crippen MR) is 179 cm³/mol. The Morgan fingerprint density at radius 3 is 1.07 bits per heavy atom. The summed E-state index contributed by atoms with van der Waals surface area (Å²) in [5.74, 6) is -4.67. The Balaban J connectivity index is 1.53. The number of alkyl halides is 6. The molecule has 12 nitrogen and oxygen atoms in total. The molecule has 18 heteroatoms. The molecule has 0 heterocycles. The summed E-state index contributed by atoms with van der Waals surface area (Å²) in [4.78, 5) is 51.6. The highest BCUT2D eigenvalue weighted by molar-refractivity contribution is 5.98. The van der Waals surface area contributed by atoms with E-state index >= 15 is 0 Å². The quantitative estimate of drug-likeness (QED) is 0.204. The van der Waals surface area contributed by atoms with Gasteiger partial charge in [-0.2, -0.15) is 26.3 Å². The maximum atomic E-state index is 13.7. The van der Waals surface area contributed by atoms with Crippen molar-refractivity contribution < 1.29 is 64.5 Å². The molecule has 2 aromatic rings. The lowest BCUT2D eigenvalue weighted by atomic mass is 9.35. The number of hydrogen-bond donors (Lipinski definition) is 4. The highest BCUT2D eigenvalue weighted by atomic mass is 19.4. The van der Waals surface area contributed by atoms with Crippen LogP contribution < -0.4 is 40.2 Å². The third-order valence-corrected chi connectivity index (χ3v) is 10.8. The minimum absolute atomic E-state index is 0.0646. The van der Waals surface area contributed by atoms with Crippen molar-refractivity contribution in [1.29, 1.82) is 0 Å². The molecule has 4 amide bonds. The number of methoxy groups -OCH3 is 4. The summed E-state index contributed by atoms with van der Waals surface area (Å²) in [5, 5.41) is 9.79. The zero-order chi connectivity index (χ0) is 39.7. The van der Waals surface area contributed by atoms with Gasteiger partial charge in [-0.1, -0.05) is 12.1 Å². The molecule has 6 rings (SSSR count). The molecule has 0 spiro atoms. The monoisotopic (exact) mass is 772 g/mol. The molecule has 0 unspecified atom stereocenters. The number of rotatable bonds is 14. The maximum Gasteiger partial charge on any atom is 0.471 e. The number of carbonyl (C=O) groups is 4. The second kappa shape index (κ2) is 14.7. The first-order valence-corrected chi connectivity index (χ1v) is 17.0. The summed E-state index contributed by atoms with van der Waals surface area (Å²) in [6.45, 7) is -1.12. The fraction of sp³-hybridized carbons (Fsp3) is 0.556. The zero-order valence-electron chi connectivity index (χ0n) is 30.1. The van der Waals surface area contributed by atoms with Gasteiger partial charge in [0, 0.05) is 26.2 Å². The van der Waals surface area contributed by atoms with Crippen LogP contribution in [0.2, 0.25) is 0 Å². The highest BCUT2D eigenvalue weighted by Gasteiger charge is 2.68. The zero-order valence-corrected chi connectivity index (χ0v) is 30.1. The average Bonchev–Trinajstić information content (AvgIpc) is 3.11. The Bertz CT molecular complexity index is 1640. The first-order chi connectivity index (χ1) is 25.3. The van der Waals surface area contributed by atoms with Crippen molar-refractivity contribution in [2.24, 2.45) is 21.7 Å². The fourth-order valence-corrected chi connectivity index (χ4v) is 9.87. The van der Waals surface area contributed by atoms with Crippen LogP contribution in [0.3, 0.4) is 0 Å². The Labute approximate surface area is 307 Å². The van der Waals surface area contributed by atoms with Gasteiger partial charge in [-0.25, -0.2) is 0 Å². The summed E-state index contributed by atoms with van der Waals surface area (Å²) < 4.78 is 102. The number of nitrogens with one attached hydrogen (secondary N) is 4. The maximum absolute atomic E-state index is 13.7. The molecule has 4 aliphatic carbocycles.